The molecule has 0 radical (unpaired) electrons. The van der Waals surface area contributed by atoms with E-state index in [4.69, 9.17) is 4.74 Å². The average molecular weight is 430 g/mol. The first-order chi connectivity index (χ1) is 14.8. The van der Waals surface area contributed by atoms with Crippen molar-refractivity contribution in [3.63, 3.8) is 0 Å². The third-order valence-corrected chi connectivity index (χ3v) is 4.52. The molecule has 3 aromatic rings. The van der Waals surface area contributed by atoms with Gasteiger partial charge in [-0.05, 0) is 66.1 Å². The third kappa shape index (κ3) is 5.85. The second-order valence-electron chi connectivity index (χ2n) is 6.87. The van der Waals surface area contributed by atoms with E-state index in [0.29, 0.717) is 29.9 Å². The predicted molar refractivity (Wildman–Crippen MR) is 110 cm³/mol. The van der Waals surface area contributed by atoms with Gasteiger partial charge in [-0.2, -0.15) is 13.2 Å². The van der Waals surface area contributed by atoms with Crippen molar-refractivity contribution >= 4 is 0 Å². The lowest BCUT2D eigenvalue weighted by molar-refractivity contribution is -0.142. The summed E-state index contributed by atoms with van der Waals surface area (Å²) in [5, 5.41) is 0. The van der Waals surface area contributed by atoms with Crippen LogP contribution in [0.25, 0.3) is 11.1 Å². The molecule has 160 valence electrons. The molecule has 0 unspecified atom stereocenters. The van der Waals surface area contributed by atoms with Crippen molar-refractivity contribution in [1.29, 1.82) is 0 Å². The predicted octanol–water partition coefficient (Wildman–Crippen LogP) is 7.23. The Balaban J connectivity index is 1.73. The van der Waals surface area contributed by atoms with Gasteiger partial charge in [-0.1, -0.05) is 37.3 Å². The molecule has 0 aromatic heterocycles. The van der Waals surface area contributed by atoms with Crippen molar-refractivity contribution < 1.29 is 26.7 Å². The van der Waals surface area contributed by atoms with E-state index in [-0.39, 0.29) is 5.56 Å². The quantitative estimate of drug-likeness (QED) is 0.236. The normalized spacial score (nSPS) is 11.0. The molecule has 0 bridgehead atoms. The van der Waals surface area contributed by atoms with E-state index in [1.165, 1.54) is 0 Å². The molecule has 0 spiro atoms. The third-order valence-electron chi connectivity index (χ3n) is 4.52. The lowest BCUT2D eigenvalue weighted by atomic mass is 10.0. The molecular weight excluding hydrogens is 411 g/mol. The van der Waals surface area contributed by atoms with Crippen LogP contribution in [0.5, 0.6) is 5.75 Å². The molecule has 0 N–H and O–H groups in total. The van der Waals surface area contributed by atoms with Crippen LogP contribution in [0.4, 0.5) is 22.0 Å². The molecule has 0 heterocycles. The van der Waals surface area contributed by atoms with Gasteiger partial charge in [-0.15, -0.1) is 0 Å². The Labute approximate surface area is 177 Å². The van der Waals surface area contributed by atoms with Gasteiger partial charge in [-0.3, -0.25) is 0 Å². The van der Waals surface area contributed by atoms with E-state index in [2.05, 4.69) is 18.8 Å². The molecule has 0 amide bonds. The summed E-state index contributed by atoms with van der Waals surface area (Å²) in [4.78, 5) is 0. The molecule has 0 aliphatic rings. The van der Waals surface area contributed by atoms with Crippen molar-refractivity contribution in [1.82, 2.24) is 0 Å². The second-order valence-corrected chi connectivity index (χ2v) is 6.87. The first-order valence-corrected chi connectivity index (χ1v) is 9.69. The maximum atomic E-state index is 13.8. The van der Waals surface area contributed by atoms with Crippen LogP contribution >= 0.6 is 0 Å². The van der Waals surface area contributed by atoms with E-state index in [1.54, 1.807) is 24.3 Å². The highest BCUT2D eigenvalue weighted by Crippen LogP contribution is 2.35. The summed E-state index contributed by atoms with van der Waals surface area (Å²) in [5.41, 5.74) is -0.0500. The Bertz CT molecular complexity index is 1060. The van der Waals surface area contributed by atoms with Gasteiger partial charge in [0.15, 0.2) is 0 Å². The van der Waals surface area contributed by atoms with Crippen LogP contribution in [-0.2, 0) is 6.18 Å². The maximum absolute atomic E-state index is 13.8. The molecule has 0 aliphatic heterocycles. The molecule has 0 aliphatic carbocycles. The van der Waals surface area contributed by atoms with E-state index < -0.39 is 23.4 Å². The van der Waals surface area contributed by atoms with Gasteiger partial charge in [0.25, 0.3) is 0 Å². The SMILES string of the molecule is CCCCOc1ccc(C#Cc2ccc(-c3cc(F)c(C(F)(F)F)c(F)c3)cc2)cc1. The molecule has 31 heavy (non-hydrogen) atoms. The average Bonchev–Trinajstić information content (AvgIpc) is 2.72. The monoisotopic (exact) mass is 430 g/mol. The number of rotatable bonds is 5. The Hall–Kier alpha value is -3.33. The zero-order valence-corrected chi connectivity index (χ0v) is 16.7. The van der Waals surface area contributed by atoms with Crippen LogP contribution in [0.1, 0.15) is 36.5 Å². The number of unbranched alkanes of at least 4 members (excludes halogenated alkanes) is 1. The minimum Gasteiger partial charge on any atom is -0.494 e. The minimum atomic E-state index is -5.09. The highest BCUT2D eigenvalue weighted by Gasteiger charge is 2.37. The van der Waals surface area contributed by atoms with Gasteiger partial charge in [0, 0.05) is 11.1 Å². The number of hydrogen-bond acceptors (Lipinski definition) is 1. The summed E-state index contributed by atoms with van der Waals surface area (Å²) in [6, 6.07) is 15.1. The van der Waals surface area contributed by atoms with E-state index in [1.807, 2.05) is 24.3 Å². The number of halogens is 5. The smallest absolute Gasteiger partial charge is 0.422 e. The van der Waals surface area contributed by atoms with Gasteiger partial charge in [0.2, 0.25) is 0 Å². The molecule has 3 aromatic carbocycles. The first-order valence-electron chi connectivity index (χ1n) is 9.69. The summed E-state index contributed by atoms with van der Waals surface area (Å²) >= 11 is 0. The lowest BCUT2D eigenvalue weighted by Gasteiger charge is -2.11. The Morgan fingerprint density at radius 3 is 1.77 bits per heavy atom. The highest BCUT2D eigenvalue weighted by atomic mass is 19.4. The maximum Gasteiger partial charge on any atom is 0.422 e. The summed E-state index contributed by atoms with van der Waals surface area (Å²) < 4.78 is 71.3. The van der Waals surface area contributed by atoms with Gasteiger partial charge in [-0.25, -0.2) is 8.78 Å². The van der Waals surface area contributed by atoms with E-state index in [0.717, 1.165) is 24.2 Å². The standard InChI is InChI=1S/C25H19F5O/c1-2-3-14-31-21-12-8-18(9-13-21)5-4-17-6-10-19(11-7-17)20-15-22(26)24(23(27)16-20)25(28,29)30/h6-13,15-16H,2-3,14H2,1H3. The van der Waals surface area contributed by atoms with Crippen LogP contribution in [0.3, 0.4) is 0 Å². The largest absolute Gasteiger partial charge is 0.494 e. The number of alkyl halides is 3. The van der Waals surface area contributed by atoms with Gasteiger partial charge >= 0.3 is 6.18 Å². The molecule has 1 nitrogen and oxygen atoms in total. The fourth-order valence-corrected chi connectivity index (χ4v) is 2.87. The number of hydrogen-bond donors (Lipinski definition) is 0. The molecule has 6 heteroatoms. The van der Waals surface area contributed by atoms with E-state index >= 15 is 0 Å². The summed E-state index contributed by atoms with van der Waals surface area (Å²) in [6.45, 7) is 2.76. The van der Waals surface area contributed by atoms with Crippen molar-refractivity contribution in [2.24, 2.45) is 0 Å². The number of benzene rings is 3. The van der Waals surface area contributed by atoms with Gasteiger partial charge in [0.05, 0.1) is 6.61 Å². The van der Waals surface area contributed by atoms with Crippen LogP contribution in [-0.4, -0.2) is 6.61 Å². The first kappa shape index (κ1) is 22.4. The number of ether oxygens (including phenoxy) is 1. The molecule has 0 fully saturated rings. The van der Waals surface area contributed by atoms with Crippen LogP contribution in [0.2, 0.25) is 0 Å². The van der Waals surface area contributed by atoms with Crippen molar-refractivity contribution in [2.45, 2.75) is 25.9 Å². The van der Waals surface area contributed by atoms with Crippen LogP contribution in [0, 0.1) is 23.5 Å². The zero-order valence-electron chi connectivity index (χ0n) is 16.7. The van der Waals surface area contributed by atoms with Gasteiger partial charge < -0.3 is 4.74 Å². The minimum absolute atomic E-state index is 0.0150. The Morgan fingerprint density at radius 1 is 0.774 bits per heavy atom. The molecule has 0 atom stereocenters. The molecular formula is C25H19F5O. The van der Waals surface area contributed by atoms with E-state index in [9.17, 15) is 22.0 Å². The van der Waals surface area contributed by atoms with Crippen molar-refractivity contribution in [3.8, 4) is 28.7 Å². The fourth-order valence-electron chi connectivity index (χ4n) is 2.87. The molecule has 0 saturated carbocycles. The summed E-state index contributed by atoms with van der Waals surface area (Å²) in [5.74, 6) is 3.47. The molecule has 0 saturated heterocycles. The highest BCUT2D eigenvalue weighted by molar-refractivity contribution is 5.65. The van der Waals surface area contributed by atoms with Crippen molar-refractivity contribution in [2.75, 3.05) is 6.61 Å². The topological polar surface area (TPSA) is 9.23 Å². The second kappa shape index (κ2) is 9.65. The van der Waals surface area contributed by atoms with Crippen LogP contribution < -0.4 is 4.74 Å². The summed E-state index contributed by atoms with van der Waals surface area (Å²) in [6.07, 6.45) is -3.04. The zero-order chi connectivity index (χ0) is 22.4. The van der Waals surface area contributed by atoms with Crippen LogP contribution in [0.15, 0.2) is 60.7 Å². The fraction of sp³-hybridized carbons (Fsp3) is 0.200. The summed E-state index contributed by atoms with van der Waals surface area (Å²) in [7, 11) is 0. The van der Waals surface area contributed by atoms with Crippen molar-refractivity contribution in [3.05, 3.63) is 89.0 Å². The Kier molecular flexibility index (Phi) is 6.96. The Morgan fingerprint density at radius 2 is 1.29 bits per heavy atom. The van der Waals surface area contributed by atoms with Gasteiger partial charge in [0.1, 0.15) is 22.9 Å². The molecule has 3 rings (SSSR count). The lowest BCUT2D eigenvalue weighted by Crippen LogP contribution is -2.11.